The molecule has 2 atom stereocenters. The molecule has 0 aliphatic carbocycles. The van der Waals surface area contributed by atoms with Gasteiger partial charge in [-0.25, -0.2) is 8.42 Å². The van der Waals surface area contributed by atoms with Crippen LogP contribution < -0.4 is 5.32 Å². The molecule has 2 aliphatic rings. The number of piperazine rings is 1. The van der Waals surface area contributed by atoms with Gasteiger partial charge in [0.05, 0.1) is 0 Å². The van der Waals surface area contributed by atoms with E-state index in [-0.39, 0.29) is 5.37 Å². The standard InChI is InChI=1S/C4H8N2O2S/c7-9(8)4-3-5-1-2-6(4)9/h4-5H,1-3H2. The second-order valence-corrected chi connectivity index (χ2v) is 4.36. The third kappa shape index (κ3) is 0.623. The number of fused-ring (bicyclic) bond motifs is 1. The first-order valence-corrected chi connectivity index (χ1v) is 4.44. The van der Waals surface area contributed by atoms with Crippen molar-refractivity contribution in [2.75, 3.05) is 19.6 Å². The maximum absolute atomic E-state index is 10.8. The Labute approximate surface area is 53.9 Å². The Hall–Kier alpha value is -0.130. The molecule has 0 amide bonds. The highest BCUT2D eigenvalue weighted by molar-refractivity contribution is 7.96. The highest BCUT2D eigenvalue weighted by Crippen LogP contribution is 2.30. The van der Waals surface area contributed by atoms with Crippen molar-refractivity contribution < 1.29 is 8.42 Å². The van der Waals surface area contributed by atoms with Gasteiger partial charge in [-0.1, -0.05) is 0 Å². The van der Waals surface area contributed by atoms with E-state index >= 15 is 0 Å². The van der Waals surface area contributed by atoms with E-state index in [0.29, 0.717) is 13.1 Å². The first-order chi connectivity index (χ1) is 4.23. The van der Waals surface area contributed by atoms with Gasteiger partial charge in [-0.05, 0) is 0 Å². The average molecular weight is 148 g/mol. The summed E-state index contributed by atoms with van der Waals surface area (Å²) in [5.74, 6) is 0. The average Bonchev–Trinajstić information content (AvgIpc) is 2.39. The second kappa shape index (κ2) is 1.47. The third-order valence-electron chi connectivity index (χ3n) is 1.77. The van der Waals surface area contributed by atoms with Crippen LogP contribution >= 0.6 is 0 Å². The molecule has 5 heteroatoms. The number of hydrogen-bond acceptors (Lipinski definition) is 3. The van der Waals surface area contributed by atoms with Crippen molar-refractivity contribution in [2.24, 2.45) is 0 Å². The van der Waals surface area contributed by atoms with Gasteiger partial charge in [0.25, 0.3) is 0 Å². The van der Waals surface area contributed by atoms with Crippen LogP contribution in [0.5, 0.6) is 0 Å². The third-order valence-corrected chi connectivity index (χ3v) is 3.76. The molecule has 4 nitrogen and oxygen atoms in total. The van der Waals surface area contributed by atoms with E-state index < -0.39 is 10.0 Å². The minimum atomic E-state index is -2.77. The normalized spacial score (nSPS) is 45.8. The van der Waals surface area contributed by atoms with E-state index in [0.717, 1.165) is 6.54 Å². The van der Waals surface area contributed by atoms with Crippen LogP contribution in [0.4, 0.5) is 0 Å². The Kier molecular flexibility index (Phi) is 0.924. The maximum Gasteiger partial charge on any atom is 0.233 e. The van der Waals surface area contributed by atoms with Gasteiger partial charge in [-0.2, -0.15) is 4.31 Å². The van der Waals surface area contributed by atoms with Gasteiger partial charge >= 0.3 is 0 Å². The summed E-state index contributed by atoms with van der Waals surface area (Å²) in [4.78, 5) is 0. The van der Waals surface area contributed by atoms with Crippen molar-refractivity contribution in [3.8, 4) is 0 Å². The number of hydrogen-bond donors (Lipinski definition) is 1. The lowest BCUT2D eigenvalue weighted by atomic mass is 10.4. The fraction of sp³-hybridized carbons (Fsp3) is 1.00. The Morgan fingerprint density at radius 1 is 1.56 bits per heavy atom. The lowest BCUT2D eigenvalue weighted by Crippen LogP contribution is -2.33. The van der Waals surface area contributed by atoms with E-state index in [9.17, 15) is 8.42 Å². The smallest absolute Gasteiger partial charge is 0.233 e. The molecule has 0 spiro atoms. The Morgan fingerprint density at radius 2 is 2.33 bits per heavy atom. The molecule has 2 saturated heterocycles. The van der Waals surface area contributed by atoms with Crippen molar-refractivity contribution in [1.29, 1.82) is 0 Å². The van der Waals surface area contributed by atoms with E-state index in [4.69, 9.17) is 0 Å². The van der Waals surface area contributed by atoms with Crippen LogP contribution in [0.3, 0.4) is 0 Å². The largest absolute Gasteiger partial charge is 0.313 e. The second-order valence-electron chi connectivity index (χ2n) is 2.31. The van der Waals surface area contributed by atoms with Crippen LogP contribution in [0.2, 0.25) is 0 Å². The zero-order chi connectivity index (χ0) is 6.48. The minimum Gasteiger partial charge on any atom is -0.313 e. The van der Waals surface area contributed by atoms with Crippen LogP contribution in [0, 0.1) is 0 Å². The van der Waals surface area contributed by atoms with Crippen molar-refractivity contribution >= 4 is 10.0 Å². The molecule has 2 fully saturated rings. The number of nitrogens with one attached hydrogen (secondary N) is 1. The molecule has 0 aromatic rings. The van der Waals surface area contributed by atoms with Crippen molar-refractivity contribution in [2.45, 2.75) is 5.37 Å². The summed E-state index contributed by atoms with van der Waals surface area (Å²) < 4.78 is 23.1. The molecule has 0 aromatic heterocycles. The number of rotatable bonds is 0. The Balaban J connectivity index is 2.24. The Bertz CT molecular complexity index is 205. The molecule has 0 aromatic carbocycles. The maximum atomic E-state index is 10.8. The Morgan fingerprint density at radius 3 is 2.78 bits per heavy atom. The van der Waals surface area contributed by atoms with Gasteiger partial charge in [0.1, 0.15) is 0 Å². The van der Waals surface area contributed by atoms with Crippen LogP contribution in [0.25, 0.3) is 0 Å². The molecule has 2 aliphatic heterocycles. The quantitative estimate of drug-likeness (QED) is 0.428. The molecular weight excluding hydrogens is 140 g/mol. The van der Waals surface area contributed by atoms with Gasteiger partial charge in [-0.3, -0.25) is 0 Å². The predicted octanol–water partition coefficient (Wildman–Crippen LogP) is -1.44. The highest BCUT2D eigenvalue weighted by Gasteiger charge is 2.55. The predicted molar refractivity (Wildman–Crippen MR) is 32.3 cm³/mol. The zero-order valence-corrected chi connectivity index (χ0v) is 5.69. The first kappa shape index (κ1) is 5.64. The van der Waals surface area contributed by atoms with Gasteiger partial charge in [0, 0.05) is 19.6 Å². The first-order valence-electron chi connectivity index (χ1n) is 2.94. The number of nitrogens with zero attached hydrogens (tertiary/aromatic N) is 1. The van der Waals surface area contributed by atoms with Crippen LogP contribution in [0.15, 0.2) is 0 Å². The molecule has 2 heterocycles. The van der Waals surface area contributed by atoms with E-state index in [2.05, 4.69) is 5.32 Å². The summed E-state index contributed by atoms with van der Waals surface area (Å²) in [7, 11) is -2.77. The van der Waals surface area contributed by atoms with Gasteiger partial charge < -0.3 is 5.32 Å². The SMILES string of the molecule is O=S1(=O)C2CNCCN21. The van der Waals surface area contributed by atoms with E-state index in [1.54, 1.807) is 0 Å². The van der Waals surface area contributed by atoms with Crippen molar-refractivity contribution in [3.63, 3.8) is 0 Å². The summed E-state index contributed by atoms with van der Waals surface area (Å²) in [5, 5.41) is 2.82. The lowest BCUT2D eigenvalue weighted by molar-refractivity contribution is 0.435. The molecule has 1 N–H and O–H groups in total. The topological polar surface area (TPSA) is 49.2 Å². The number of sulfonamides is 1. The van der Waals surface area contributed by atoms with Gasteiger partial charge in [-0.15, -0.1) is 0 Å². The van der Waals surface area contributed by atoms with E-state index in [1.165, 1.54) is 4.31 Å². The molecular formula is C4H8N2O2S. The molecule has 0 radical (unpaired) electrons. The minimum absolute atomic E-state index is 0.189. The summed E-state index contributed by atoms with van der Waals surface area (Å²) in [5.41, 5.74) is 0. The van der Waals surface area contributed by atoms with Crippen LogP contribution in [0.1, 0.15) is 0 Å². The summed E-state index contributed by atoms with van der Waals surface area (Å²) >= 11 is 0. The zero-order valence-electron chi connectivity index (χ0n) is 4.87. The summed E-state index contributed by atoms with van der Waals surface area (Å²) in [6.07, 6.45) is 0. The van der Waals surface area contributed by atoms with Crippen molar-refractivity contribution in [3.05, 3.63) is 0 Å². The molecule has 0 saturated carbocycles. The van der Waals surface area contributed by atoms with Crippen LogP contribution in [-0.2, 0) is 10.0 Å². The molecule has 2 unspecified atom stereocenters. The highest BCUT2D eigenvalue weighted by atomic mass is 32.2. The van der Waals surface area contributed by atoms with Gasteiger partial charge in [0.15, 0.2) is 5.37 Å². The van der Waals surface area contributed by atoms with E-state index in [1.807, 2.05) is 0 Å². The lowest BCUT2D eigenvalue weighted by Gasteiger charge is -2.06. The van der Waals surface area contributed by atoms with Gasteiger partial charge in [0.2, 0.25) is 10.0 Å². The summed E-state index contributed by atoms with van der Waals surface area (Å²) in [6.45, 7) is 2.07. The van der Waals surface area contributed by atoms with Crippen molar-refractivity contribution in [1.82, 2.24) is 9.62 Å². The molecule has 0 bridgehead atoms. The monoisotopic (exact) mass is 148 g/mol. The fourth-order valence-corrected chi connectivity index (χ4v) is 2.82. The molecule has 2 rings (SSSR count). The summed E-state index contributed by atoms with van der Waals surface area (Å²) in [6, 6.07) is 0. The van der Waals surface area contributed by atoms with Crippen LogP contribution in [-0.4, -0.2) is 37.7 Å². The molecule has 52 valence electrons. The molecule has 9 heavy (non-hydrogen) atoms. The fourth-order valence-electron chi connectivity index (χ4n) is 1.18.